The molecule has 0 N–H and O–H groups in total. The van der Waals surface area contributed by atoms with Gasteiger partial charge in [-0.05, 0) is 6.92 Å². The lowest BCUT2D eigenvalue weighted by Gasteiger charge is -2.13. The second-order valence-electron chi connectivity index (χ2n) is 1.66. The molecule has 56 valence electrons. The van der Waals surface area contributed by atoms with Crippen LogP contribution in [0.25, 0.3) is 0 Å². The number of hydrogen-bond acceptors (Lipinski definition) is 0. The highest BCUT2D eigenvalue weighted by Crippen LogP contribution is 2.29. The minimum Gasteiger partial charge on any atom is -0.210 e. The van der Waals surface area contributed by atoms with Crippen LogP contribution < -0.4 is 0 Å². The zero-order valence-electron chi connectivity index (χ0n) is 4.54. The van der Waals surface area contributed by atoms with Crippen LogP contribution in [0, 0.1) is 5.92 Å². The number of hydrogen-bond donors (Lipinski definition) is 0. The highest BCUT2D eigenvalue weighted by molar-refractivity contribution is 4.63. The average Bonchev–Trinajstić information content (AvgIpc) is 1.62. The van der Waals surface area contributed by atoms with Gasteiger partial charge in [-0.3, -0.25) is 0 Å². The van der Waals surface area contributed by atoms with Crippen LogP contribution in [-0.4, -0.2) is 12.6 Å². The maximum atomic E-state index is 11.2. The van der Waals surface area contributed by atoms with Crippen molar-refractivity contribution in [3.63, 3.8) is 0 Å². The van der Waals surface area contributed by atoms with E-state index >= 15 is 0 Å². The van der Waals surface area contributed by atoms with Gasteiger partial charge in [0.15, 0.2) is 0 Å². The topological polar surface area (TPSA) is 0 Å². The van der Waals surface area contributed by atoms with E-state index in [4.69, 9.17) is 0 Å². The van der Waals surface area contributed by atoms with E-state index in [1.54, 1.807) is 0 Å². The lowest BCUT2D eigenvalue weighted by Crippen LogP contribution is -2.26. The number of alkyl halides is 5. The summed E-state index contributed by atoms with van der Waals surface area (Å²) in [4.78, 5) is 0. The summed E-state index contributed by atoms with van der Waals surface area (Å²) in [6.07, 6.45) is -8.08. The molecule has 9 heavy (non-hydrogen) atoms. The first kappa shape index (κ1) is 8.65. The Morgan fingerprint density at radius 1 is 1.11 bits per heavy atom. The summed E-state index contributed by atoms with van der Waals surface area (Å²) < 4.78 is 56.1. The van der Waals surface area contributed by atoms with Crippen molar-refractivity contribution in [1.82, 2.24) is 0 Å². The van der Waals surface area contributed by atoms with Crippen LogP contribution in [0.15, 0.2) is 0 Å². The third kappa shape index (κ3) is 2.62. The molecule has 0 aliphatic carbocycles. The molecule has 0 saturated carbocycles. The zero-order valence-corrected chi connectivity index (χ0v) is 4.54. The maximum Gasteiger partial charge on any atom is 0.396 e. The van der Waals surface area contributed by atoms with Gasteiger partial charge in [0.2, 0.25) is 6.43 Å². The maximum absolute atomic E-state index is 11.2. The Morgan fingerprint density at radius 3 is 1.44 bits per heavy atom. The molecular weight excluding hydrogens is 143 g/mol. The van der Waals surface area contributed by atoms with Crippen molar-refractivity contribution < 1.29 is 22.0 Å². The minimum atomic E-state index is -4.77. The quantitative estimate of drug-likeness (QED) is 0.501. The number of rotatable bonds is 1. The second kappa shape index (κ2) is 2.49. The third-order valence-electron chi connectivity index (χ3n) is 0.894. The Labute approximate surface area is 48.7 Å². The lowest BCUT2D eigenvalue weighted by atomic mass is 10.2. The van der Waals surface area contributed by atoms with Gasteiger partial charge in [-0.25, -0.2) is 8.78 Å². The number of halogens is 5. The van der Waals surface area contributed by atoms with Crippen molar-refractivity contribution in [3.8, 4) is 0 Å². The first-order chi connectivity index (χ1) is 3.85. The summed E-state index contributed by atoms with van der Waals surface area (Å²) in [6.45, 7) is 0.449. The van der Waals surface area contributed by atoms with Crippen LogP contribution in [0.2, 0.25) is 0 Å². The van der Waals surface area contributed by atoms with Crippen LogP contribution in [0.1, 0.15) is 6.92 Å². The van der Waals surface area contributed by atoms with Gasteiger partial charge in [0.1, 0.15) is 5.92 Å². The van der Waals surface area contributed by atoms with Gasteiger partial charge in [-0.2, -0.15) is 13.2 Å². The Bertz CT molecular complexity index is 83.4. The standard InChI is InChI=1S/C4H5F5/c1-2(3(5)6)4(7,8)9/h2-3H,1H3. The average molecular weight is 148 g/mol. The summed E-state index contributed by atoms with van der Waals surface area (Å²) in [5.41, 5.74) is 0. The largest absolute Gasteiger partial charge is 0.396 e. The molecule has 1 atom stereocenters. The molecule has 0 radical (unpaired) electrons. The van der Waals surface area contributed by atoms with Crippen molar-refractivity contribution in [1.29, 1.82) is 0 Å². The minimum absolute atomic E-state index is 0.449. The second-order valence-corrected chi connectivity index (χ2v) is 1.66. The molecule has 0 nitrogen and oxygen atoms in total. The first-order valence-electron chi connectivity index (χ1n) is 2.20. The summed E-state index contributed by atoms with van der Waals surface area (Å²) in [5.74, 6) is -2.52. The van der Waals surface area contributed by atoms with Crippen LogP contribution in [-0.2, 0) is 0 Å². The van der Waals surface area contributed by atoms with Crippen LogP contribution >= 0.6 is 0 Å². The molecule has 0 aromatic heterocycles. The van der Waals surface area contributed by atoms with E-state index in [0.717, 1.165) is 0 Å². The third-order valence-corrected chi connectivity index (χ3v) is 0.894. The molecule has 0 fully saturated rings. The van der Waals surface area contributed by atoms with Gasteiger partial charge in [0.25, 0.3) is 0 Å². The Morgan fingerprint density at radius 2 is 1.44 bits per heavy atom. The molecule has 0 bridgehead atoms. The molecule has 5 heteroatoms. The molecule has 0 aromatic rings. The van der Waals surface area contributed by atoms with Gasteiger partial charge >= 0.3 is 6.18 Å². The molecule has 0 spiro atoms. The smallest absolute Gasteiger partial charge is 0.210 e. The normalized spacial score (nSPS) is 16.3. The predicted octanol–water partition coefficient (Wildman–Crippen LogP) is 2.45. The molecule has 0 aromatic carbocycles. The van der Waals surface area contributed by atoms with Crippen molar-refractivity contribution in [2.75, 3.05) is 0 Å². The zero-order chi connectivity index (χ0) is 7.65. The van der Waals surface area contributed by atoms with Gasteiger partial charge in [-0.15, -0.1) is 0 Å². The molecule has 0 rings (SSSR count). The summed E-state index contributed by atoms with van der Waals surface area (Å²) in [7, 11) is 0. The summed E-state index contributed by atoms with van der Waals surface area (Å²) >= 11 is 0. The fraction of sp³-hybridized carbons (Fsp3) is 1.00. The predicted molar refractivity (Wildman–Crippen MR) is 21.2 cm³/mol. The monoisotopic (exact) mass is 148 g/mol. The van der Waals surface area contributed by atoms with E-state index in [-0.39, 0.29) is 0 Å². The summed E-state index contributed by atoms with van der Waals surface area (Å²) in [5, 5.41) is 0. The van der Waals surface area contributed by atoms with E-state index in [1.807, 2.05) is 0 Å². The Hall–Kier alpha value is -0.350. The van der Waals surface area contributed by atoms with Crippen molar-refractivity contribution in [2.24, 2.45) is 5.92 Å². The fourth-order valence-electron chi connectivity index (χ4n) is 0.143. The molecular formula is C4H5F5. The van der Waals surface area contributed by atoms with Crippen LogP contribution in [0.3, 0.4) is 0 Å². The molecule has 0 aliphatic rings. The SMILES string of the molecule is CC(C(F)F)C(F)(F)F. The van der Waals surface area contributed by atoms with E-state index < -0.39 is 18.5 Å². The summed E-state index contributed by atoms with van der Waals surface area (Å²) in [6, 6.07) is 0. The molecule has 0 amide bonds. The van der Waals surface area contributed by atoms with Crippen LogP contribution in [0.5, 0.6) is 0 Å². The van der Waals surface area contributed by atoms with E-state index in [1.165, 1.54) is 0 Å². The molecule has 1 unspecified atom stereocenters. The highest BCUT2D eigenvalue weighted by Gasteiger charge is 2.41. The van der Waals surface area contributed by atoms with Gasteiger partial charge < -0.3 is 0 Å². The van der Waals surface area contributed by atoms with Crippen molar-refractivity contribution in [2.45, 2.75) is 19.5 Å². The van der Waals surface area contributed by atoms with E-state index in [2.05, 4.69) is 0 Å². The molecule has 0 saturated heterocycles. The Kier molecular flexibility index (Phi) is 2.40. The first-order valence-corrected chi connectivity index (χ1v) is 2.20. The van der Waals surface area contributed by atoms with Gasteiger partial charge in [-0.1, -0.05) is 0 Å². The molecule has 0 aliphatic heterocycles. The fourth-order valence-corrected chi connectivity index (χ4v) is 0.143. The van der Waals surface area contributed by atoms with E-state index in [0.29, 0.717) is 6.92 Å². The van der Waals surface area contributed by atoms with Gasteiger partial charge in [0, 0.05) is 0 Å². The van der Waals surface area contributed by atoms with Crippen molar-refractivity contribution in [3.05, 3.63) is 0 Å². The highest BCUT2D eigenvalue weighted by atomic mass is 19.4. The van der Waals surface area contributed by atoms with Crippen LogP contribution in [0.4, 0.5) is 22.0 Å². The van der Waals surface area contributed by atoms with Crippen molar-refractivity contribution >= 4 is 0 Å². The molecule has 0 heterocycles. The lowest BCUT2D eigenvalue weighted by molar-refractivity contribution is -0.200. The van der Waals surface area contributed by atoms with Gasteiger partial charge in [0.05, 0.1) is 0 Å². The Balaban J connectivity index is 3.88. The van der Waals surface area contributed by atoms with E-state index in [9.17, 15) is 22.0 Å².